The van der Waals surface area contributed by atoms with E-state index in [1.807, 2.05) is 0 Å². The average Bonchev–Trinajstić information content (AvgIpc) is 4.07. The number of alkyl halides is 6. The van der Waals surface area contributed by atoms with Gasteiger partial charge in [0.05, 0.1) is 0 Å². The molecule has 0 saturated carbocycles. The third-order valence-corrected chi connectivity index (χ3v) is 11.4. The van der Waals surface area contributed by atoms with Crippen LogP contribution in [0.3, 0.4) is 0 Å². The van der Waals surface area contributed by atoms with Gasteiger partial charge in [-0.3, -0.25) is 0 Å². The number of ether oxygens (including phenoxy) is 2. The van der Waals surface area contributed by atoms with Crippen molar-refractivity contribution in [3.05, 3.63) is 144 Å². The molecule has 0 aliphatic carbocycles. The number of nitrogens with one attached hydrogen (secondary N) is 2. The molecule has 10 rings (SSSR count). The standard InChI is InChI=1S/2C23H21F4N7O/c2*1-14-28-13-34(31-14)20-10-7-16(12-19(20)24)29-22-30-21-18(4-2-3-11-33(21)32-22)15-5-8-17(9-6-15)35-23(25,26)27/h2*5-10,12-13,18H,2-4,11H2,1H3,(H,29,32)/t2*18-/m10/s1. The van der Waals surface area contributed by atoms with Gasteiger partial charge < -0.3 is 20.1 Å². The number of anilines is 4. The second kappa shape index (κ2) is 19.6. The molecule has 8 aromatic rings. The zero-order valence-electron chi connectivity index (χ0n) is 37.3. The Bertz CT molecular complexity index is 2870. The lowest BCUT2D eigenvalue weighted by molar-refractivity contribution is -0.275. The zero-order valence-corrected chi connectivity index (χ0v) is 37.3. The summed E-state index contributed by atoms with van der Waals surface area (Å²) in [6.07, 6.45) is -1.41. The van der Waals surface area contributed by atoms with Gasteiger partial charge in [-0.05, 0) is 111 Å². The molecule has 6 heterocycles. The van der Waals surface area contributed by atoms with Crippen molar-refractivity contribution in [3.8, 4) is 22.9 Å². The molecule has 2 atom stereocenters. The Balaban J connectivity index is 0.000000174. The highest BCUT2D eigenvalue weighted by molar-refractivity contribution is 5.57. The van der Waals surface area contributed by atoms with Crippen LogP contribution >= 0.6 is 0 Å². The van der Waals surface area contributed by atoms with Crippen LogP contribution in [0.2, 0.25) is 0 Å². The van der Waals surface area contributed by atoms with Crippen LogP contribution in [0.15, 0.2) is 97.6 Å². The summed E-state index contributed by atoms with van der Waals surface area (Å²) in [4.78, 5) is 17.3. The van der Waals surface area contributed by atoms with Crippen LogP contribution < -0.4 is 20.1 Å². The van der Waals surface area contributed by atoms with Gasteiger partial charge in [-0.1, -0.05) is 37.1 Å². The van der Waals surface area contributed by atoms with Crippen molar-refractivity contribution < 1.29 is 44.6 Å². The lowest BCUT2D eigenvalue weighted by Crippen LogP contribution is -2.17. The predicted octanol–water partition coefficient (Wildman–Crippen LogP) is 10.5. The SMILES string of the molecule is Cc1ncn(-c2ccc(Nc3nc4n(n3)CCCC[C@@H]4c3ccc(OC(F)(F)F)cc3)cc2F)n1.Cc1ncn(-c2ccc(Nc3nc4n(n3)CCCC[C@H]4c3ccc(OC(F)(F)F)cc3)cc2F)n1. The van der Waals surface area contributed by atoms with Crippen molar-refractivity contribution in [1.82, 2.24) is 59.1 Å². The topological polar surface area (TPSA) is 165 Å². The number of nitrogens with zero attached hydrogens (tertiary/aromatic N) is 12. The number of hydrogen-bond donors (Lipinski definition) is 2. The highest BCUT2D eigenvalue weighted by atomic mass is 19.4. The van der Waals surface area contributed by atoms with Gasteiger partial charge in [0.1, 0.15) is 58.8 Å². The van der Waals surface area contributed by atoms with Crippen molar-refractivity contribution in [1.29, 1.82) is 0 Å². The summed E-state index contributed by atoms with van der Waals surface area (Å²) in [5.41, 5.74) is 3.11. The van der Waals surface area contributed by atoms with Gasteiger partial charge in [-0.2, -0.15) is 20.2 Å². The maximum absolute atomic E-state index is 14.7. The maximum atomic E-state index is 14.7. The number of aryl methyl sites for hydroxylation is 4. The number of benzene rings is 4. The molecule has 4 aromatic heterocycles. The average molecular weight is 975 g/mol. The fourth-order valence-corrected chi connectivity index (χ4v) is 8.30. The van der Waals surface area contributed by atoms with E-state index in [0.717, 1.165) is 49.7 Å². The lowest BCUT2D eigenvalue weighted by Gasteiger charge is -2.15. The molecule has 0 radical (unpaired) electrons. The van der Waals surface area contributed by atoms with E-state index in [0.29, 0.717) is 59.7 Å². The molecule has 0 saturated heterocycles. The fourth-order valence-electron chi connectivity index (χ4n) is 8.30. The highest BCUT2D eigenvalue weighted by Gasteiger charge is 2.33. The smallest absolute Gasteiger partial charge is 0.406 e. The summed E-state index contributed by atoms with van der Waals surface area (Å²) >= 11 is 0. The lowest BCUT2D eigenvalue weighted by atomic mass is 9.93. The quantitative estimate of drug-likeness (QED) is 0.125. The molecule has 16 nitrogen and oxygen atoms in total. The molecule has 364 valence electrons. The van der Waals surface area contributed by atoms with Crippen LogP contribution in [0.4, 0.5) is 58.4 Å². The first-order valence-electron chi connectivity index (χ1n) is 22.0. The number of aromatic nitrogens is 12. The largest absolute Gasteiger partial charge is 0.573 e. The molecule has 0 fully saturated rings. The van der Waals surface area contributed by atoms with Crippen molar-refractivity contribution in [3.63, 3.8) is 0 Å². The van der Waals surface area contributed by atoms with E-state index < -0.39 is 24.4 Å². The first-order chi connectivity index (χ1) is 33.5. The third kappa shape index (κ3) is 11.3. The van der Waals surface area contributed by atoms with Gasteiger partial charge in [-0.25, -0.2) is 37.5 Å². The zero-order chi connectivity index (χ0) is 49.2. The van der Waals surface area contributed by atoms with E-state index in [1.165, 1.54) is 58.4 Å². The Labute approximate surface area is 393 Å². The van der Waals surface area contributed by atoms with Crippen LogP contribution in [0, 0.1) is 25.5 Å². The number of fused-ring (bicyclic) bond motifs is 2. The fraction of sp³-hybridized carbons (Fsp3) is 0.304. The van der Waals surface area contributed by atoms with Crippen molar-refractivity contribution >= 4 is 23.3 Å². The van der Waals surface area contributed by atoms with Crippen LogP contribution in [0.5, 0.6) is 11.5 Å². The Morgan fingerprint density at radius 2 is 0.929 bits per heavy atom. The van der Waals surface area contributed by atoms with Gasteiger partial charge >= 0.3 is 12.7 Å². The molecule has 70 heavy (non-hydrogen) atoms. The Kier molecular flexibility index (Phi) is 13.2. The summed E-state index contributed by atoms with van der Waals surface area (Å²) in [5, 5.41) is 23.4. The molecule has 4 aromatic carbocycles. The van der Waals surface area contributed by atoms with E-state index >= 15 is 0 Å². The van der Waals surface area contributed by atoms with E-state index in [9.17, 15) is 35.1 Å². The number of rotatable bonds is 10. The Hall–Kier alpha value is -7.92. The van der Waals surface area contributed by atoms with Gasteiger partial charge in [0.2, 0.25) is 11.9 Å². The number of hydrogen-bond acceptors (Lipinski definition) is 12. The first-order valence-corrected chi connectivity index (χ1v) is 22.0. The molecular weight excluding hydrogens is 933 g/mol. The van der Waals surface area contributed by atoms with Gasteiger partial charge in [-0.15, -0.1) is 36.5 Å². The summed E-state index contributed by atoms with van der Waals surface area (Å²) in [7, 11) is 0. The predicted molar refractivity (Wildman–Crippen MR) is 236 cm³/mol. The maximum Gasteiger partial charge on any atom is 0.573 e. The van der Waals surface area contributed by atoms with E-state index in [1.54, 1.807) is 71.7 Å². The molecule has 2 N–H and O–H groups in total. The van der Waals surface area contributed by atoms with Gasteiger partial charge in [0.25, 0.3) is 0 Å². The Morgan fingerprint density at radius 3 is 1.27 bits per heavy atom. The van der Waals surface area contributed by atoms with Crippen molar-refractivity contribution in [2.75, 3.05) is 10.6 Å². The van der Waals surface area contributed by atoms with E-state index in [2.05, 4.69) is 60.4 Å². The molecule has 0 spiro atoms. The number of halogens is 8. The van der Waals surface area contributed by atoms with Crippen LogP contribution in [0.25, 0.3) is 11.4 Å². The summed E-state index contributed by atoms with van der Waals surface area (Å²) in [6.45, 7) is 4.76. The Morgan fingerprint density at radius 1 is 0.529 bits per heavy atom. The first kappa shape index (κ1) is 47.2. The van der Waals surface area contributed by atoms with Crippen LogP contribution in [-0.2, 0) is 13.1 Å². The van der Waals surface area contributed by atoms with Crippen LogP contribution in [-0.4, -0.2) is 71.8 Å². The molecule has 0 unspecified atom stereocenters. The minimum atomic E-state index is -4.74. The van der Waals surface area contributed by atoms with Crippen LogP contribution in [0.1, 0.15) is 84.8 Å². The highest BCUT2D eigenvalue weighted by Crippen LogP contribution is 2.36. The molecule has 0 bridgehead atoms. The molecule has 0 amide bonds. The second-order valence-electron chi connectivity index (χ2n) is 16.4. The normalized spacial score (nSPS) is 16.0. The minimum Gasteiger partial charge on any atom is -0.406 e. The second-order valence-corrected chi connectivity index (χ2v) is 16.4. The monoisotopic (exact) mass is 974 g/mol. The molecule has 2 aliphatic heterocycles. The summed E-state index contributed by atoms with van der Waals surface area (Å²) in [6, 6.07) is 20.9. The minimum absolute atomic E-state index is 0.143. The van der Waals surface area contributed by atoms with E-state index in [4.69, 9.17) is 0 Å². The molecule has 2 aliphatic rings. The van der Waals surface area contributed by atoms with E-state index in [-0.39, 0.29) is 34.7 Å². The van der Waals surface area contributed by atoms with Crippen molar-refractivity contribution in [2.45, 2.75) is 90.0 Å². The molecule has 24 heteroatoms. The molecular formula is C46H42F8N14O2. The van der Waals surface area contributed by atoms with Gasteiger partial charge in [0.15, 0.2) is 11.6 Å². The summed E-state index contributed by atoms with van der Waals surface area (Å²) < 4.78 is 119. The van der Waals surface area contributed by atoms with Crippen molar-refractivity contribution in [2.24, 2.45) is 0 Å². The third-order valence-electron chi connectivity index (χ3n) is 11.4. The summed E-state index contributed by atoms with van der Waals surface area (Å²) in [5.74, 6) is 1.29. The van der Waals surface area contributed by atoms with Gasteiger partial charge in [0, 0.05) is 36.3 Å².